The number of nitrogens with zero attached hydrogens (tertiary/aromatic N) is 2. The summed E-state index contributed by atoms with van der Waals surface area (Å²) >= 11 is 6.19. The highest BCUT2D eigenvalue weighted by Crippen LogP contribution is 2.31. The van der Waals surface area contributed by atoms with E-state index in [9.17, 15) is 9.18 Å². The first-order chi connectivity index (χ1) is 13.1. The Kier molecular flexibility index (Phi) is 4.94. The lowest BCUT2D eigenvalue weighted by Gasteiger charge is -2.23. The second-order valence-corrected chi connectivity index (χ2v) is 7.02. The van der Waals surface area contributed by atoms with Crippen molar-refractivity contribution in [2.24, 2.45) is 0 Å². The van der Waals surface area contributed by atoms with Crippen LogP contribution in [0.15, 0.2) is 54.7 Å². The molecule has 6 heteroatoms. The van der Waals surface area contributed by atoms with Gasteiger partial charge in [0.15, 0.2) is 6.61 Å². The van der Waals surface area contributed by atoms with Gasteiger partial charge in [0, 0.05) is 24.2 Å². The maximum absolute atomic E-state index is 13.4. The van der Waals surface area contributed by atoms with Gasteiger partial charge in [0.05, 0.1) is 5.02 Å². The number of amides is 1. The molecule has 0 atom stereocenters. The highest BCUT2D eigenvalue weighted by Gasteiger charge is 2.32. The molecular weight excluding hydrogens is 367 g/mol. The van der Waals surface area contributed by atoms with Crippen LogP contribution in [0.25, 0.3) is 10.9 Å². The zero-order valence-electron chi connectivity index (χ0n) is 14.6. The van der Waals surface area contributed by atoms with Crippen LogP contribution in [0.5, 0.6) is 5.75 Å². The Balaban J connectivity index is 1.48. The highest BCUT2D eigenvalue weighted by molar-refractivity contribution is 6.35. The van der Waals surface area contributed by atoms with Gasteiger partial charge in [0.1, 0.15) is 17.1 Å². The zero-order chi connectivity index (χ0) is 18.8. The number of hydrogen-bond donors (Lipinski definition) is 0. The number of carbonyl (C=O) groups excluding carboxylic acids is 1. The molecule has 1 amide bonds. The Morgan fingerprint density at radius 2 is 2.07 bits per heavy atom. The Bertz CT molecular complexity index is 991. The van der Waals surface area contributed by atoms with Gasteiger partial charge in [0.25, 0.3) is 5.91 Å². The molecule has 1 saturated carbocycles. The van der Waals surface area contributed by atoms with Crippen molar-refractivity contribution in [1.82, 2.24) is 9.88 Å². The molecule has 4 rings (SSSR count). The fourth-order valence-electron chi connectivity index (χ4n) is 3.09. The summed E-state index contributed by atoms with van der Waals surface area (Å²) in [4.78, 5) is 18.8. The van der Waals surface area contributed by atoms with Gasteiger partial charge in [-0.05, 0) is 54.8 Å². The Hall–Kier alpha value is -2.66. The van der Waals surface area contributed by atoms with Crippen LogP contribution in [-0.4, -0.2) is 28.4 Å². The number of rotatable bonds is 6. The minimum atomic E-state index is -0.300. The van der Waals surface area contributed by atoms with Crippen molar-refractivity contribution in [3.8, 4) is 5.75 Å². The van der Waals surface area contributed by atoms with E-state index in [-0.39, 0.29) is 24.4 Å². The lowest BCUT2D eigenvalue weighted by atomic mass is 10.2. The quantitative estimate of drug-likeness (QED) is 0.624. The van der Waals surface area contributed by atoms with E-state index in [4.69, 9.17) is 16.3 Å². The summed E-state index contributed by atoms with van der Waals surface area (Å²) in [6.07, 6.45) is 3.59. The number of benzene rings is 2. The maximum atomic E-state index is 13.4. The first-order valence-corrected chi connectivity index (χ1v) is 9.19. The molecule has 1 heterocycles. The van der Waals surface area contributed by atoms with Crippen molar-refractivity contribution >= 4 is 28.4 Å². The number of aromatic nitrogens is 1. The number of halogens is 2. The molecule has 1 aliphatic carbocycles. The van der Waals surface area contributed by atoms with Gasteiger partial charge in [-0.3, -0.25) is 9.78 Å². The Morgan fingerprint density at radius 3 is 2.85 bits per heavy atom. The largest absolute Gasteiger partial charge is 0.481 e. The van der Waals surface area contributed by atoms with Crippen LogP contribution in [0.2, 0.25) is 5.02 Å². The molecule has 3 aromatic rings. The van der Waals surface area contributed by atoms with Crippen molar-refractivity contribution < 1.29 is 13.9 Å². The summed E-state index contributed by atoms with van der Waals surface area (Å²) in [6.45, 7) is 0.281. The van der Waals surface area contributed by atoms with E-state index in [1.165, 1.54) is 12.1 Å². The number of fused-ring (bicyclic) bond motifs is 1. The van der Waals surface area contributed by atoms with E-state index in [0.717, 1.165) is 23.8 Å². The molecule has 0 N–H and O–H groups in total. The molecule has 1 aliphatic rings. The van der Waals surface area contributed by atoms with Crippen LogP contribution in [0.4, 0.5) is 4.39 Å². The van der Waals surface area contributed by atoms with E-state index in [1.54, 1.807) is 35.4 Å². The maximum Gasteiger partial charge on any atom is 0.261 e. The molecule has 27 heavy (non-hydrogen) atoms. The second-order valence-electron chi connectivity index (χ2n) is 6.62. The smallest absolute Gasteiger partial charge is 0.261 e. The number of hydrogen-bond acceptors (Lipinski definition) is 3. The van der Waals surface area contributed by atoms with E-state index in [0.29, 0.717) is 22.8 Å². The van der Waals surface area contributed by atoms with Crippen molar-refractivity contribution in [3.05, 3.63) is 71.1 Å². The van der Waals surface area contributed by atoms with Gasteiger partial charge in [-0.1, -0.05) is 23.7 Å². The molecule has 0 aliphatic heterocycles. The summed E-state index contributed by atoms with van der Waals surface area (Å²) in [5.74, 6) is 0.0938. The van der Waals surface area contributed by atoms with Gasteiger partial charge in [-0.2, -0.15) is 0 Å². The van der Waals surface area contributed by atoms with Crippen LogP contribution >= 0.6 is 11.6 Å². The predicted molar refractivity (Wildman–Crippen MR) is 102 cm³/mol. The molecule has 0 radical (unpaired) electrons. The van der Waals surface area contributed by atoms with Crippen LogP contribution < -0.4 is 4.74 Å². The van der Waals surface area contributed by atoms with Gasteiger partial charge < -0.3 is 9.64 Å². The predicted octanol–water partition coefficient (Wildman–Crippen LogP) is 4.60. The fraction of sp³-hybridized carbons (Fsp3) is 0.238. The van der Waals surface area contributed by atoms with Crippen molar-refractivity contribution in [2.75, 3.05) is 6.61 Å². The minimum Gasteiger partial charge on any atom is -0.481 e. The molecule has 1 fully saturated rings. The van der Waals surface area contributed by atoms with E-state index in [1.807, 2.05) is 12.1 Å². The summed E-state index contributed by atoms with van der Waals surface area (Å²) < 4.78 is 19.2. The van der Waals surface area contributed by atoms with E-state index < -0.39 is 0 Å². The molecule has 4 nitrogen and oxygen atoms in total. The van der Waals surface area contributed by atoms with Crippen LogP contribution in [0.3, 0.4) is 0 Å². The minimum absolute atomic E-state index is 0.0981. The molecule has 0 spiro atoms. The summed E-state index contributed by atoms with van der Waals surface area (Å²) in [6, 6.07) is 13.6. The summed E-state index contributed by atoms with van der Waals surface area (Å²) in [7, 11) is 0. The molecule has 0 bridgehead atoms. The third-order valence-corrected chi connectivity index (χ3v) is 4.91. The topological polar surface area (TPSA) is 42.4 Å². The first kappa shape index (κ1) is 17.7. The highest BCUT2D eigenvalue weighted by atomic mass is 35.5. The lowest BCUT2D eigenvalue weighted by molar-refractivity contribution is -0.134. The van der Waals surface area contributed by atoms with Crippen LogP contribution in [0, 0.1) is 5.82 Å². The third kappa shape index (κ3) is 4.03. The van der Waals surface area contributed by atoms with Crippen molar-refractivity contribution in [3.63, 3.8) is 0 Å². The standard InChI is InChI=1S/C21H18ClFN2O2/c22-18-8-9-19(21-17(18)5-2-10-24-21)27-13-20(26)25(16-6-7-16)12-14-3-1-4-15(23)11-14/h1-5,8-11,16H,6-7,12-13H2. The van der Waals surface area contributed by atoms with E-state index >= 15 is 0 Å². The van der Waals surface area contributed by atoms with Gasteiger partial charge in [-0.25, -0.2) is 4.39 Å². The van der Waals surface area contributed by atoms with Crippen molar-refractivity contribution in [2.45, 2.75) is 25.4 Å². The summed E-state index contributed by atoms with van der Waals surface area (Å²) in [5, 5.41) is 1.37. The lowest BCUT2D eigenvalue weighted by Crippen LogP contribution is -2.36. The Morgan fingerprint density at radius 1 is 1.22 bits per heavy atom. The monoisotopic (exact) mass is 384 g/mol. The molecule has 2 aromatic carbocycles. The van der Waals surface area contributed by atoms with Crippen LogP contribution in [-0.2, 0) is 11.3 Å². The van der Waals surface area contributed by atoms with E-state index in [2.05, 4.69) is 4.98 Å². The number of ether oxygens (including phenoxy) is 1. The van der Waals surface area contributed by atoms with Crippen molar-refractivity contribution in [1.29, 1.82) is 0 Å². The van der Waals surface area contributed by atoms with Gasteiger partial charge in [0.2, 0.25) is 0 Å². The molecule has 0 saturated heterocycles. The normalized spacial score (nSPS) is 13.6. The number of pyridine rings is 1. The fourth-order valence-corrected chi connectivity index (χ4v) is 3.31. The molecule has 1 aromatic heterocycles. The molecule has 138 valence electrons. The first-order valence-electron chi connectivity index (χ1n) is 8.82. The van der Waals surface area contributed by atoms with Gasteiger partial charge in [-0.15, -0.1) is 0 Å². The van der Waals surface area contributed by atoms with Crippen LogP contribution in [0.1, 0.15) is 18.4 Å². The third-order valence-electron chi connectivity index (χ3n) is 4.58. The zero-order valence-corrected chi connectivity index (χ0v) is 15.3. The molecular formula is C21H18ClFN2O2. The SMILES string of the molecule is O=C(COc1ccc(Cl)c2cccnc12)N(Cc1cccc(F)c1)C1CC1. The van der Waals surface area contributed by atoms with Gasteiger partial charge >= 0.3 is 0 Å². The second kappa shape index (κ2) is 7.53. The number of carbonyl (C=O) groups is 1. The Labute approximate surface area is 161 Å². The molecule has 0 unspecified atom stereocenters. The average molecular weight is 385 g/mol. The average Bonchev–Trinajstić information content (AvgIpc) is 3.51. The summed E-state index contributed by atoms with van der Waals surface area (Å²) in [5.41, 5.74) is 1.40.